The zero-order valence-corrected chi connectivity index (χ0v) is 17.7. The Kier molecular flexibility index (Phi) is 6.32. The lowest BCUT2D eigenvalue weighted by atomic mass is 10.0. The Morgan fingerprint density at radius 2 is 2.13 bits per heavy atom. The minimum atomic E-state index is -0.735. The first-order valence-corrected chi connectivity index (χ1v) is 10.9. The summed E-state index contributed by atoms with van der Waals surface area (Å²) in [4.78, 5) is 23.5. The second-order valence-corrected chi connectivity index (χ2v) is 8.48. The van der Waals surface area contributed by atoms with Gasteiger partial charge in [0.25, 0.3) is 0 Å². The van der Waals surface area contributed by atoms with Crippen LogP contribution < -0.4 is 0 Å². The van der Waals surface area contributed by atoms with E-state index in [2.05, 4.69) is 21.9 Å². The fraction of sp³-hybridized carbons (Fsp3) is 0.458. The van der Waals surface area contributed by atoms with E-state index >= 15 is 0 Å². The maximum absolute atomic E-state index is 13.4. The molecule has 2 aromatic heterocycles. The predicted octanol–water partition coefficient (Wildman–Crippen LogP) is 5.14. The Balaban J connectivity index is 1.30. The maximum atomic E-state index is 13.4. The van der Waals surface area contributed by atoms with Crippen molar-refractivity contribution in [1.82, 2.24) is 15.0 Å². The van der Waals surface area contributed by atoms with Crippen molar-refractivity contribution in [2.75, 3.05) is 6.61 Å². The molecule has 0 aliphatic heterocycles. The van der Waals surface area contributed by atoms with Crippen molar-refractivity contribution in [3.05, 3.63) is 48.0 Å². The Morgan fingerprint density at radius 1 is 1.29 bits per heavy atom. The van der Waals surface area contributed by atoms with Crippen LogP contribution in [0.3, 0.4) is 0 Å². The minimum Gasteiger partial charge on any atom is -0.481 e. The number of rotatable bonds is 11. The maximum Gasteiger partial charge on any atom is 0.311 e. The van der Waals surface area contributed by atoms with Crippen molar-refractivity contribution in [2.24, 2.45) is 5.41 Å². The van der Waals surface area contributed by atoms with Crippen molar-refractivity contribution in [2.45, 2.75) is 58.0 Å². The molecule has 164 valence electrons. The van der Waals surface area contributed by atoms with E-state index in [0.29, 0.717) is 17.9 Å². The number of imidazole rings is 1. The lowest BCUT2D eigenvalue weighted by molar-refractivity contribution is -0.147. The van der Waals surface area contributed by atoms with Crippen molar-refractivity contribution in [1.29, 1.82) is 0 Å². The first-order valence-electron chi connectivity index (χ1n) is 10.9. The lowest BCUT2D eigenvalue weighted by Gasteiger charge is -2.20. The monoisotopic (exact) mass is 425 g/mol. The van der Waals surface area contributed by atoms with Crippen LogP contribution in [0.1, 0.15) is 51.1 Å². The number of hydrogen-bond donors (Lipinski definition) is 2. The highest BCUT2D eigenvalue weighted by Gasteiger charge is 2.50. The highest BCUT2D eigenvalue weighted by atomic mass is 19.1. The standard InChI is InChI=1S/C24H28FN3O3/c1-2-4-19(31-15-24(11-12-24)23(29)30)6-3-5-18-9-7-16(14-26-18)22-27-20-10-8-17(25)13-21(20)28-22/h7-10,13-14,19H,2-6,11-12,15H2,1H3,(H,27,28)(H,29,30). The summed E-state index contributed by atoms with van der Waals surface area (Å²) in [5.41, 5.74) is 2.60. The normalized spacial score (nSPS) is 15.8. The topological polar surface area (TPSA) is 88.1 Å². The fourth-order valence-corrected chi connectivity index (χ4v) is 3.82. The van der Waals surface area contributed by atoms with Crippen molar-refractivity contribution in [3.63, 3.8) is 0 Å². The van der Waals surface area contributed by atoms with E-state index in [1.807, 2.05) is 12.1 Å². The second kappa shape index (κ2) is 9.14. The summed E-state index contributed by atoms with van der Waals surface area (Å²) in [5.74, 6) is -0.359. The van der Waals surface area contributed by atoms with Crippen LogP contribution >= 0.6 is 0 Å². The third-order valence-electron chi connectivity index (χ3n) is 6.01. The molecule has 0 saturated heterocycles. The Labute approximate surface area is 180 Å². The number of carboxylic acid groups (broad SMARTS) is 1. The molecule has 1 unspecified atom stereocenters. The number of pyridine rings is 1. The number of benzene rings is 1. The number of aromatic nitrogens is 3. The van der Waals surface area contributed by atoms with Gasteiger partial charge in [0.2, 0.25) is 0 Å². The van der Waals surface area contributed by atoms with Crippen molar-refractivity contribution >= 4 is 17.0 Å². The van der Waals surface area contributed by atoms with E-state index in [1.54, 1.807) is 12.3 Å². The Bertz CT molecular complexity index is 1040. The van der Waals surface area contributed by atoms with Gasteiger partial charge in [0, 0.05) is 17.5 Å². The molecule has 2 N–H and O–H groups in total. The van der Waals surface area contributed by atoms with E-state index in [1.165, 1.54) is 12.1 Å². The smallest absolute Gasteiger partial charge is 0.311 e. The fourth-order valence-electron chi connectivity index (χ4n) is 3.82. The molecule has 0 spiro atoms. The molecule has 0 bridgehead atoms. The Morgan fingerprint density at radius 3 is 2.81 bits per heavy atom. The molecular weight excluding hydrogens is 397 g/mol. The molecule has 1 aliphatic rings. The van der Waals surface area contributed by atoms with Crippen LogP contribution in [-0.2, 0) is 16.0 Å². The van der Waals surface area contributed by atoms with E-state index < -0.39 is 11.4 Å². The molecule has 0 radical (unpaired) electrons. The van der Waals surface area contributed by atoms with E-state index in [-0.39, 0.29) is 11.9 Å². The molecule has 1 aromatic carbocycles. The number of ether oxygens (including phenoxy) is 1. The number of aryl methyl sites for hydroxylation is 1. The molecule has 6 nitrogen and oxygen atoms in total. The number of carboxylic acids is 1. The van der Waals surface area contributed by atoms with Crippen LogP contribution in [0.4, 0.5) is 4.39 Å². The largest absolute Gasteiger partial charge is 0.481 e. The number of nitrogens with zero attached hydrogens (tertiary/aromatic N) is 2. The van der Waals surface area contributed by atoms with Gasteiger partial charge < -0.3 is 14.8 Å². The number of aromatic amines is 1. The van der Waals surface area contributed by atoms with Gasteiger partial charge in [-0.1, -0.05) is 13.3 Å². The molecule has 1 aliphatic carbocycles. The van der Waals surface area contributed by atoms with E-state index in [4.69, 9.17) is 4.74 Å². The van der Waals surface area contributed by atoms with Gasteiger partial charge in [0.15, 0.2) is 0 Å². The number of halogens is 1. The third-order valence-corrected chi connectivity index (χ3v) is 6.01. The van der Waals surface area contributed by atoms with Crippen LogP contribution in [0, 0.1) is 11.2 Å². The summed E-state index contributed by atoms with van der Waals surface area (Å²) in [7, 11) is 0. The van der Waals surface area contributed by atoms with E-state index in [0.717, 1.165) is 61.7 Å². The van der Waals surface area contributed by atoms with Gasteiger partial charge in [-0.25, -0.2) is 9.37 Å². The summed E-state index contributed by atoms with van der Waals surface area (Å²) in [6, 6.07) is 8.45. The molecule has 3 aromatic rings. The summed E-state index contributed by atoms with van der Waals surface area (Å²) >= 11 is 0. The van der Waals surface area contributed by atoms with Crippen molar-refractivity contribution < 1.29 is 19.0 Å². The highest BCUT2D eigenvalue weighted by molar-refractivity contribution is 5.79. The number of carbonyl (C=O) groups is 1. The highest BCUT2D eigenvalue weighted by Crippen LogP contribution is 2.46. The minimum absolute atomic E-state index is 0.0945. The van der Waals surface area contributed by atoms with Gasteiger partial charge in [-0.15, -0.1) is 0 Å². The number of fused-ring (bicyclic) bond motifs is 1. The summed E-state index contributed by atoms with van der Waals surface area (Å²) in [6.07, 6.45) is 7.93. The SMILES string of the molecule is CCCC(CCCc1ccc(-c2nc3ccc(F)cc3[nH]2)cn1)OCC1(C(=O)O)CC1. The van der Waals surface area contributed by atoms with Crippen LogP contribution in [0.15, 0.2) is 36.5 Å². The molecule has 0 amide bonds. The van der Waals surface area contributed by atoms with E-state index in [9.17, 15) is 14.3 Å². The number of H-pyrrole nitrogens is 1. The zero-order chi connectivity index (χ0) is 21.8. The molecule has 2 heterocycles. The third kappa shape index (κ3) is 5.10. The predicted molar refractivity (Wildman–Crippen MR) is 116 cm³/mol. The molecule has 1 saturated carbocycles. The number of nitrogens with one attached hydrogen (secondary N) is 1. The van der Waals surface area contributed by atoms with Crippen LogP contribution in [0.25, 0.3) is 22.4 Å². The summed E-state index contributed by atoms with van der Waals surface area (Å²) in [5, 5.41) is 9.32. The quantitative estimate of drug-likeness (QED) is 0.444. The van der Waals surface area contributed by atoms with Crippen LogP contribution in [0.2, 0.25) is 0 Å². The van der Waals surface area contributed by atoms with Gasteiger partial charge in [-0.3, -0.25) is 9.78 Å². The summed E-state index contributed by atoms with van der Waals surface area (Å²) < 4.78 is 19.4. The number of hydrogen-bond acceptors (Lipinski definition) is 4. The van der Waals surface area contributed by atoms with Crippen LogP contribution in [0.5, 0.6) is 0 Å². The molecule has 1 atom stereocenters. The van der Waals surface area contributed by atoms with Gasteiger partial charge in [-0.2, -0.15) is 0 Å². The second-order valence-electron chi connectivity index (χ2n) is 8.48. The average Bonchev–Trinajstić information content (AvgIpc) is 3.45. The van der Waals surface area contributed by atoms with Crippen molar-refractivity contribution in [3.8, 4) is 11.4 Å². The first kappa shape index (κ1) is 21.4. The zero-order valence-electron chi connectivity index (χ0n) is 17.7. The van der Waals surface area contributed by atoms with Gasteiger partial charge >= 0.3 is 5.97 Å². The first-order chi connectivity index (χ1) is 15.0. The molecule has 1 fully saturated rings. The van der Waals surface area contributed by atoms with Gasteiger partial charge in [-0.05, 0) is 68.9 Å². The lowest BCUT2D eigenvalue weighted by Crippen LogP contribution is -2.25. The molecular formula is C24H28FN3O3. The molecule has 31 heavy (non-hydrogen) atoms. The van der Waals surface area contributed by atoms with Gasteiger partial charge in [0.1, 0.15) is 11.6 Å². The molecule has 4 rings (SSSR count). The summed E-state index contributed by atoms with van der Waals surface area (Å²) in [6.45, 7) is 2.44. The van der Waals surface area contributed by atoms with Crippen LogP contribution in [-0.4, -0.2) is 38.7 Å². The molecule has 7 heteroatoms. The average molecular weight is 426 g/mol. The number of aliphatic carboxylic acids is 1. The van der Waals surface area contributed by atoms with Gasteiger partial charge in [0.05, 0.1) is 29.2 Å². The Hall–Kier alpha value is -2.80.